The molecule has 0 aliphatic heterocycles. The number of rotatable bonds is 3. The van der Waals surface area contributed by atoms with Gasteiger partial charge < -0.3 is 0 Å². The highest BCUT2D eigenvalue weighted by Crippen LogP contribution is 2.20. The number of aryl methyl sites for hydroxylation is 2. The van der Waals surface area contributed by atoms with E-state index < -0.39 is 0 Å². The largest absolute Gasteiger partial charge is 0.294 e. The van der Waals surface area contributed by atoms with Gasteiger partial charge in [0.05, 0.1) is 12.1 Å². The summed E-state index contributed by atoms with van der Waals surface area (Å²) in [6.45, 7) is 2.00. The van der Waals surface area contributed by atoms with Crippen molar-refractivity contribution in [2.24, 2.45) is 7.05 Å². The van der Waals surface area contributed by atoms with Gasteiger partial charge in [-0.15, -0.1) is 0 Å². The minimum Gasteiger partial charge on any atom is -0.294 e. The van der Waals surface area contributed by atoms with Crippen LogP contribution in [0.3, 0.4) is 0 Å². The van der Waals surface area contributed by atoms with Gasteiger partial charge in [0.15, 0.2) is 5.78 Å². The van der Waals surface area contributed by atoms with Crippen LogP contribution < -0.4 is 0 Å². The molecular weight excluding hydrogens is 280 g/mol. The van der Waals surface area contributed by atoms with Crippen LogP contribution in [0.2, 0.25) is 0 Å². The van der Waals surface area contributed by atoms with Crippen LogP contribution in [-0.4, -0.2) is 15.6 Å². The third-order valence-electron chi connectivity index (χ3n) is 2.54. The van der Waals surface area contributed by atoms with Gasteiger partial charge in [0.25, 0.3) is 0 Å². The number of nitrogens with zero attached hydrogens (tertiary/aromatic N) is 2. The first-order chi connectivity index (χ1) is 8.06. The van der Waals surface area contributed by atoms with E-state index in [1.165, 1.54) is 0 Å². The molecule has 0 aliphatic rings. The van der Waals surface area contributed by atoms with Gasteiger partial charge in [-0.1, -0.05) is 22.0 Å². The van der Waals surface area contributed by atoms with E-state index in [1.54, 1.807) is 4.68 Å². The average Bonchev–Trinajstić information content (AvgIpc) is 2.63. The van der Waals surface area contributed by atoms with Crippen LogP contribution >= 0.6 is 15.9 Å². The topological polar surface area (TPSA) is 34.9 Å². The second kappa shape index (κ2) is 4.84. The van der Waals surface area contributed by atoms with Crippen molar-refractivity contribution in [1.82, 2.24) is 9.78 Å². The Bertz CT molecular complexity index is 560. The van der Waals surface area contributed by atoms with Gasteiger partial charge in [-0.05, 0) is 30.7 Å². The number of hydrogen-bond donors (Lipinski definition) is 0. The molecule has 2 aromatic rings. The molecule has 0 amide bonds. The Kier molecular flexibility index (Phi) is 3.43. The average molecular weight is 293 g/mol. The van der Waals surface area contributed by atoms with Gasteiger partial charge >= 0.3 is 0 Å². The molecule has 0 atom stereocenters. The molecule has 17 heavy (non-hydrogen) atoms. The monoisotopic (exact) mass is 292 g/mol. The Labute approximate surface area is 109 Å². The Morgan fingerprint density at radius 2 is 2.18 bits per heavy atom. The van der Waals surface area contributed by atoms with Crippen LogP contribution in [0, 0.1) is 6.92 Å². The molecule has 0 fully saturated rings. The molecule has 4 heteroatoms. The highest BCUT2D eigenvalue weighted by Gasteiger charge is 2.12. The summed E-state index contributed by atoms with van der Waals surface area (Å²) in [6, 6.07) is 7.60. The van der Waals surface area contributed by atoms with E-state index in [9.17, 15) is 4.79 Å². The molecule has 1 aromatic heterocycles. The molecule has 1 aromatic carbocycles. The number of Topliss-reactive ketones (excluding diaryl/α,β-unsaturated/α-hetero) is 1. The summed E-state index contributed by atoms with van der Waals surface area (Å²) < 4.78 is 2.55. The first-order valence-electron chi connectivity index (χ1n) is 5.34. The number of carbonyl (C=O) groups excluding carboxylic acids is 1. The maximum atomic E-state index is 12.1. The predicted molar refractivity (Wildman–Crippen MR) is 70.1 cm³/mol. The Hall–Kier alpha value is -1.42. The third-order valence-corrected chi connectivity index (χ3v) is 3.19. The maximum Gasteiger partial charge on any atom is 0.170 e. The summed E-state index contributed by atoms with van der Waals surface area (Å²) in [5.74, 6) is 0.0792. The molecule has 2 rings (SSSR count). The Morgan fingerprint density at radius 1 is 1.41 bits per heavy atom. The lowest BCUT2D eigenvalue weighted by molar-refractivity contribution is 0.0991. The van der Waals surface area contributed by atoms with Crippen molar-refractivity contribution in [1.29, 1.82) is 0 Å². The summed E-state index contributed by atoms with van der Waals surface area (Å²) in [5.41, 5.74) is 2.64. The Balaban J connectivity index is 2.20. The van der Waals surface area contributed by atoms with Crippen molar-refractivity contribution in [3.63, 3.8) is 0 Å². The molecule has 0 spiro atoms. The zero-order valence-electron chi connectivity index (χ0n) is 9.77. The lowest BCUT2D eigenvalue weighted by atomic mass is 10.1. The number of benzene rings is 1. The molecule has 0 radical (unpaired) electrons. The van der Waals surface area contributed by atoms with Gasteiger partial charge in [0.1, 0.15) is 0 Å². The van der Waals surface area contributed by atoms with Crippen molar-refractivity contribution >= 4 is 21.7 Å². The van der Waals surface area contributed by atoms with Gasteiger partial charge in [-0.25, -0.2) is 0 Å². The zero-order chi connectivity index (χ0) is 12.4. The summed E-state index contributed by atoms with van der Waals surface area (Å²) in [5, 5.41) is 4.20. The van der Waals surface area contributed by atoms with Gasteiger partial charge in [0.2, 0.25) is 0 Å². The molecule has 0 unspecified atom stereocenters. The second-order valence-corrected chi connectivity index (χ2v) is 4.92. The van der Waals surface area contributed by atoms with Crippen LogP contribution in [0.5, 0.6) is 0 Å². The quantitative estimate of drug-likeness (QED) is 0.816. The van der Waals surface area contributed by atoms with Crippen molar-refractivity contribution in [2.45, 2.75) is 13.3 Å². The molecule has 0 saturated heterocycles. The Morgan fingerprint density at radius 3 is 2.76 bits per heavy atom. The lowest BCUT2D eigenvalue weighted by Crippen LogP contribution is -2.05. The second-order valence-electron chi connectivity index (χ2n) is 4.06. The number of ketones is 1. The SMILES string of the molecule is Cc1ccc(C(=O)Cc2ccn(C)n2)c(Br)c1. The zero-order valence-corrected chi connectivity index (χ0v) is 11.4. The van der Waals surface area contributed by atoms with Crippen LogP contribution in [0.15, 0.2) is 34.9 Å². The van der Waals surface area contributed by atoms with Gasteiger partial charge in [0, 0.05) is 23.3 Å². The fraction of sp³-hybridized carbons (Fsp3) is 0.231. The summed E-state index contributed by atoms with van der Waals surface area (Å²) in [7, 11) is 1.84. The normalized spacial score (nSPS) is 10.5. The van der Waals surface area contributed by atoms with Crippen LogP contribution in [-0.2, 0) is 13.5 Å². The van der Waals surface area contributed by atoms with Crippen LogP contribution in [0.25, 0.3) is 0 Å². The fourth-order valence-electron chi connectivity index (χ4n) is 1.66. The molecule has 88 valence electrons. The maximum absolute atomic E-state index is 12.1. The van der Waals surface area contributed by atoms with E-state index in [0.29, 0.717) is 12.0 Å². The summed E-state index contributed by atoms with van der Waals surface area (Å²) in [4.78, 5) is 12.1. The van der Waals surface area contributed by atoms with E-state index in [0.717, 1.165) is 15.7 Å². The van der Waals surface area contributed by atoms with Crippen molar-refractivity contribution in [3.8, 4) is 0 Å². The number of aromatic nitrogens is 2. The minimum atomic E-state index is 0.0792. The van der Waals surface area contributed by atoms with Gasteiger partial charge in [-0.2, -0.15) is 5.10 Å². The first-order valence-corrected chi connectivity index (χ1v) is 6.13. The minimum absolute atomic E-state index is 0.0792. The van der Waals surface area contributed by atoms with E-state index in [1.807, 2.05) is 44.4 Å². The molecule has 0 N–H and O–H groups in total. The molecular formula is C13H13BrN2O. The van der Waals surface area contributed by atoms with Crippen molar-refractivity contribution in [3.05, 3.63) is 51.8 Å². The van der Waals surface area contributed by atoms with Gasteiger partial charge in [-0.3, -0.25) is 9.48 Å². The molecule has 3 nitrogen and oxygen atoms in total. The van der Waals surface area contributed by atoms with Crippen molar-refractivity contribution in [2.75, 3.05) is 0 Å². The summed E-state index contributed by atoms with van der Waals surface area (Å²) in [6.07, 6.45) is 2.18. The lowest BCUT2D eigenvalue weighted by Gasteiger charge is -2.03. The van der Waals surface area contributed by atoms with Crippen LogP contribution in [0.4, 0.5) is 0 Å². The molecule has 0 bridgehead atoms. The highest BCUT2D eigenvalue weighted by molar-refractivity contribution is 9.10. The van der Waals surface area contributed by atoms with E-state index >= 15 is 0 Å². The smallest absolute Gasteiger partial charge is 0.170 e. The number of carbonyl (C=O) groups is 1. The van der Waals surface area contributed by atoms with E-state index in [4.69, 9.17) is 0 Å². The molecule has 0 saturated carbocycles. The number of hydrogen-bond acceptors (Lipinski definition) is 2. The van der Waals surface area contributed by atoms with E-state index in [-0.39, 0.29) is 5.78 Å². The first kappa shape index (κ1) is 12.0. The molecule has 0 aliphatic carbocycles. The molecule has 1 heterocycles. The fourth-order valence-corrected chi connectivity index (χ4v) is 2.38. The third kappa shape index (κ3) is 2.82. The predicted octanol–water partition coefficient (Wildman–Crippen LogP) is 2.92. The van der Waals surface area contributed by atoms with E-state index in [2.05, 4.69) is 21.0 Å². The highest BCUT2D eigenvalue weighted by atomic mass is 79.9. The number of halogens is 1. The van der Waals surface area contributed by atoms with Crippen LogP contribution in [0.1, 0.15) is 21.6 Å². The standard InChI is InChI=1S/C13H13BrN2O/c1-9-3-4-11(12(14)7-9)13(17)8-10-5-6-16(2)15-10/h3-7H,8H2,1-2H3. The summed E-state index contributed by atoms with van der Waals surface area (Å²) >= 11 is 3.42. The van der Waals surface area contributed by atoms with Crippen molar-refractivity contribution < 1.29 is 4.79 Å².